The number of hydrogen-bond donors (Lipinski definition) is 2. The SMILES string of the molecule is COc1ccc(Oc2ncccc2NC(=O)c2ccc(OC)c(S(=O)(=O)NC3CCCC3)c2)cc1. The number of carbonyl (C=O) groups excluding carboxylic acids is 1. The first kappa shape index (κ1) is 24.5. The van der Waals surface area contributed by atoms with E-state index in [2.05, 4.69) is 15.0 Å². The molecule has 1 amide bonds. The van der Waals surface area contributed by atoms with Gasteiger partial charge in [0.15, 0.2) is 0 Å². The number of sulfonamides is 1. The summed E-state index contributed by atoms with van der Waals surface area (Å²) in [4.78, 5) is 17.2. The Labute approximate surface area is 204 Å². The van der Waals surface area contributed by atoms with Crippen LogP contribution in [-0.4, -0.2) is 39.6 Å². The van der Waals surface area contributed by atoms with Gasteiger partial charge < -0.3 is 19.5 Å². The fraction of sp³-hybridized carbons (Fsp3) is 0.280. The van der Waals surface area contributed by atoms with Crippen LogP contribution >= 0.6 is 0 Å². The van der Waals surface area contributed by atoms with Gasteiger partial charge in [-0.05, 0) is 67.4 Å². The first-order chi connectivity index (χ1) is 16.9. The summed E-state index contributed by atoms with van der Waals surface area (Å²) in [5, 5.41) is 2.75. The van der Waals surface area contributed by atoms with Crippen molar-refractivity contribution < 1.29 is 27.4 Å². The second-order valence-electron chi connectivity index (χ2n) is 8.06. The maximum Gasteiger partial charge on any atom is 0.255 e. The van der Waals surface area contributed by atoms with Crippen LogP contribution in [0.1, 0.15) is 36.0 Å². The molecule has 0 spiro atoms. The minimum Gasteiger partial charge on any atom is -0.497 e. The van der Waals surface area contributed by atoms with Crippen LogP contribution in [0, 0.1) is 0 Å². The molecule has 10 heteroatoms. The van der Waals surface area contributed by atoms with E-state index in [-0.39, 0.29) is 28.1 Å². The van der Waals surface area contributed by atoms with Crippen LogP contribution in [0.2, 0.25) is 0 Å². The largest absolute Gasteiger partial charge is 0.497 e. The maximum absolute atomic E-state index is 13.1. The number of nitrogens with one attached hydrogen (secondary N) is 2. The number of rotatable bonds is 9. The molecule has 0 atom stereocenters. The highest BCUT2D eigenvalue weighted by Gasteiger charge is 2.27. The standard InChI is InChI=1S/C25H27N3O6S/c1-32-19-10-12-20(13-11-19)34-25-21(8-5-15-26-25)27-24(29)17-9-14-22(33-2)23(16-17)35(30,31)28-18-6-3-4-7-18/h5,8-16,18,28H,3-4,6-7H2,1-2H3,(H,27,29). The summed E-state index contributed by atoms with van der Waals surface area (Å²) in [5.41, 5.74) is 0.481. The number of ether oxygens (including phenoxy) is 3. The lowest BCUT2D eigenvalue weighted by Gasteiger charge is -2.16. The summed E-state index contributed by atoms with van der Waals surface area (Å²) in [6.07, 6.45) is 5.10. The molecule has 184 valence electrons. The molecule has 0 bridgehead atoms. The summed E-state index contributed by atoms with van der Waals surface area (Å²) in [5.74, 6) is 1.03. The first-order valence-corrected chi connectivity index (χ1v) is 12.7. The number of hydrogen-bond acceptors (Lipinski definition) is 7. The highest BCUT2D eigenvalue weighted by molar-refractivity contribution is 7.89. The molecule has 3 aromatic rings. The normalized spacial score (nSPS) is 13.9. The highest BCUT2D eigenvalue weighted by Crippen LogP contribution is 2.30. The van der Waals surface area contributed by atoms with E-state index >= 15 is 0 Å². The smallest absolute Gasteiger partial charge is 0.255 e. The summed E-state index contributed by atoms with van der Waals surface area (Å²) < 4.78 is 45.0. The lowest BCUT2D eigenvalue weighted by Crippen LogP contribution is -2.33. The Hall–Kier alpha value is -3.63. The third-order valence-electron chi connectivity index (χ3n) is 5.69. The van der Waals surface area contributed by atoms with Crippen LogP contribution in [0.15, 0.2) is 65.7 Å². The quantitative estimate of drug-likeness (QED) is 0.451. The zero-order valence-corrected chi connectivity index (χ0v) is 20.3. The van der Waals surface area contributed by atoms with E-state index < -0.39 is 15.9 Å². The predicted molar refractivity (Wildman–Crippen MR) is 131 cm³/mol. The Morgan fingerprint density at radius 3 is 2.37 bits per heavy atom. The Kier molecular flexibility index (Phi) is 7.52. The fourth-order valence-corrected chi connectivity index (χ4v) is 5.37. The zero-order chi connectivity index (χ0) is 24.8. The van der Waals surface area contributed by atoms with Crippen molar-refractivity contribution in [3.63, 3.8) is 0 Å². The summed E-state index contributed by atoms with van der Waals surface area (Å²) in [6, 6.07) is 14.4. The van der Waals surface area contributed by atoms with Crippen molar-refractivity contribution in [2.45, 2.75) is 36.6 Å². The molecule has 4 rings (SSSR count). The second kappa shape index (κ2) is 10.7. The van der Waals surface area contributed by atoms with E-state index in [1.807, 2.05) is 0 Å². The molecule has 0 radical (unpaired) electrons. The van der Waals surface area contributed by atoms with Gasteiger partial charge in [-0.25, -0.2) is 18.1 Å². The molecule has 2 aromatic carbocycles. The number of methoxy groups -OCH3 is 2. The van der Waals surface area contributed by atoms with Gasteiger partial charge in [0.1, 0.15) is 27.8 Å². The molecule has 1 saturated carbocycles. The fourth-order valence-electron chi connectivity index (χ4n) is 3.87. The molecule has 1 aromatic heterocycles. The topological polar surface area (TPSA) is 116 Å². The third kappa shape index (κ3) is 5.90. The van der Waals surface area contributed by atoms with Crippen molar-refractivity contribution in [2.24, 2.45) is 0 Å². The van der Waals surface area contributed by atoms with E-state index in [0.717, 1.165) is 25.7 Å². The molecule has 0 aliphatic heterocycles. The van der Waals surface area contributed by atoms with Gasteiger partial charge in [0, 0.05) is 17.8 Å². The van der Waals surface area contributed by atoms with E-state index in [4.69, 9.17) is 14.2 Å². The zero-order valence-electron chi connectivity index (χ0n) is 19.5. The molecule has 9 nitrogen and oxygen atoms in total. The minimum atomic E-state index is -3.87. The van der Waals surface area contributed by atoms with Crippen LogP contribution < -0.4 is 24.2 Å². The van der Waals surface area contributed by atoms with Crippen molar-refractivity contribution in [1.29, 1.82) is 0 Å². The monoisotopic (exact) mass is 497 g/mol. The van der Waals surface area contributed by atoms with E-state index in [1.54, 1.807) is 49.7 Å². The number of nitrogens with zero attached hydrogens (tertiary/aromatic N) is 1. The second-order valence-corrected chi connectivity index (χ2v) is 9.74. The molecular weight excluding hydrogens is 470 g/mol. The minimum absolute atomic E-state index is 0.0829. The van der Waals surface area contributed by atoms with Crippen LogP contribution in [-0.2, 0) is 10.0 Å². The number of anilines is 1. The van der Waals surface area contributed by atoms with Gasteiger partial charge in [0.25, 0.3) is 5.91 Å². The lowest BCUT2D eigenvalue weighted by molar-refractivity contribution is 0.102. The van der Waals surface area contributed by atoms with Gasteiger partial charge >= 0.3 is 0 Å². The Morgan fingerprint density at radius 1 is 0.971 bits per heavy atom. The maximum atomic E-state index is 13.1. The van der Waals surface area contributed by atoms with Crippen molar-refractivity contribution >= 4 is 21.6 Å². The number of aromatic nitrogens is 1. The van der Waals surface area contributed by atoms with Gasteiger partial charge in [-0.15, -0.1) is 0 Å². The van der Waals surface area contributed by atoms with Crippen LogP contribution in [0.4, 0.5) is 5.69 Å². The molecular formula is C25H27N3O6S. The third-order valence-corrected chi connectivity index (χ3v) is 7.23. The summed E-state index contributed by atoms with van der Waals surface area (Å²) in [6.45, 7) is 0. The van der Waals surface area contributed by atoms with Gasteiger partial charge in [-0.1, -0.05) is 12.8 Å². The van der Waals surface area contributed by atoms with Crippen LogP contribution in [0.25, 0.3) is 0 Å². The molecule has 1 heterocycles. The molecule has 35 heavy (non-hydrogen) atoms. The van der Waals surface area contributed by atoms with Crippen LogP contribution in [0.5, 0.6) is 23.1 Å². The van der Waals surface area contributed by atoms with Crippen LogP contribution in [0.3, 0.4) is 0 Å². The average Bonchev–Trinajstić information content (AvgIpc) is 3.37. The van der Waals surface area contributed by atoms with Gasteiger partial charge in [0.2, 0.25) is 15.9 Å². The summed E-state index contributed by atoms with van der Waals surface area (Å²) >= 11 is 0. The Morgan fingerprint density at radius 2 is 1.69 bits per heavy atom. The molecule has 0 saturated heterocycles. The average molecular weight is 498 g/mol. The van der Waals surface area contributed by atoms with E-state index in [9.17, 15) is 13.2 Å². The lowest BCUT2D eigenvalue weighted by atomic mass is 10.2. The predicted octanol–water partition coefficient (Wildman–Crippen LogP) is 4.36. The number of amides is 1. The molecule has 0 unspecified atom stereocenters. The van der Waals surface area contributed by atoms with Gasteiger partial charge in [-0.3, -0.25) is 4.79 Å². The summed E-state index contributed by atoms with van der Waals surface area (Å²) in [7, 11) is -0.909. The highest BCUT2D eigenvalue weighted by atomic mass is 32.2. The molecule has 1 aliphatic carbocycles. The van der Waals surface area contributed by atoms with Gasteiger partial charge in [0.05, 0.1) is 14.2 Å². The van der Waals surface area contributed by atoms with Crippen molar-refractivity contribution in [1.82, 2.24) is 9.71 Å². The number of carbonyl (C=O) groups is 1. The van der Waals surface area contributed by atoms with Crippen molar-refractivity contribution in [2.75, 3.05) is 19.5 Å². The molecule has 2 N–H and O–H groups in total. The van der Waals surface area contributed by atoms with E-state index in [0.29, 0.717) is 17.2 Å². The first-order valence-electron chi connectivity index (χ1n) is 11.2. The Balaban J connectivity index is 1.56. The molecule has 1 fully saturated rings. The van der Waals surface area contributed by atoms with Gasteiger partial charge in [-0.2, -0.15) is 0 Å². The van der Waals surface area contributed by atoms with E-state index in [1.165, 1.54) is 25.3 Å². The Bertz CT molecular complexity index is 1290. The van der Waals surface area contributed by atoms with Crippen molar-refractivity contribution in [3.05, 3.63) is 66.4 Å². The van der Waals surface area contributed by atoms with Crippen molar-refractivity contribution in [3.8, 4) is 23.1 Å². The molecule has 1 aliphatic rings. The number of benzene rings is 2. The number of pyridine rings is 1.